The van der Waals surface area contributed by atoms with Crippen LogP contribution in [-0.2, 0) is 9.53 Å². The zero-order chi connectivity index (χ0) is 20.5. The minimum Gasteiger partial charge on any atom is -0.494 e. The number of amides is 1. The number of rotatable bonds is 6. The van der Waals surface area contributed by atoms with Crippen molar-refractivity contribution in [3.05, 3.63) is 41.6 Å². The molecule has 1 N–H and O–H groups in total. The summed E-state index contributed by atoms with van der Waals surface area (Å²) in [5, 5.41) is 8.12. The Morgan fingerprint density at radius 1 is 1.31 bits per heavy atom. The number of nitrogens with zero attached hydrogens (tertiary/aromatic N) is 3. The summed E-state index contributed by atoms with van der Waals surface area (Å²) >= 11 is 0. The number of hydrogen-bond acceptors (Lipinski definition) is 6. The number of nitrogens with one attached hydrogen (secondary N) is 1. The van der Waals surface area contributed by atoms with Crippen LogP contribution in [0.4, 0.5) is 5.82 Å². The zero-order valence-electron chi connectivity index (χ0n) is 16.6. The van der Waals surface area contributed by atoms with Crippen molar-refractivity contribution in [2.24, 2.45) is 5.92 Å². The van der Waals surface area contributed by atoms with Gasteiger partial charge in [-0.1, -0.05) is 12.1 Å². The standard InChI is InChI=1S/C21H22N4O4/c1-4-29-21(27)15-11-22-25(19(15)24-20(26)13-8-9-13)17-10-12(2)14-6-5-7-16(28-3)18(14)23-17/h5-7,10-11,13H,4,8-9H2,1-3H3,(H,24,26). The van der Waals surface area contributed by atoms with Crippen molar-refractivity contribution in [1.82, 2.24) is 14.8 Å². The van der Waals surface area contributed by atoms with Crippen molar-refractivity contribution in [3.63, 3.8) is 0 Å². The fourth-order valence-electron chi connectivity index (χ4n) is 3.21. The number of hydrogen-bond donors (Lipinski definition) is 1. The second-order valence-corrected chi connectivity index (χ2v) is 6.96. The molecule has 0 spiro atoms. The average molecular weight is 394 g/mol. The fraction of sp³-hybridized carbons (Fsp3) is 0.333. The van der Waals surface area contributed by atoms with E-state index in [1.54, 1.807) is 14.0 Å². The number of pyridine rings is 1. The van der Waals surface area contributed by atoms with Crippen molar-refractivity contribution in [2.45, 2.75) is 26.7 Å². The number of carbonyl (C=O) groups excluding carboxylic acids is 2. The molecule has 0 aliphatic heterocycles. The first kappa shape index (κ1) is 18.9. The highest BCUT2D eigenvalue weighted by Crippen LogP contribution is 2.32. The number of methoxy groups -OCH3 is 1. The molecule has 29 heavy (non-hydrogen) atoms. The van der Waals surface area contributed by atoms with Gasteiger partial charge < -0.3 is 14.8 Å². The highest BCUT2D eigenvalue weighted by Gasteiger charge is 2.32. The first-order valence-corrected chi connectivity index (χ1v) is 9.54. The van der Waals surface area contributed by atoms with Crippen molar-refractivity contribution in [2.75, 3.05) is 19.0 Å². The molecule has 1 aromatic carbocycles. The summed E-state index contributed by atoms with van der Waals surface area (Å²) in [6, 6.07) is 7.56. The van der Waals surface area contributed by atoms with Crippen LogP contribution in [0.1, 0.15) is 35.7 Å². The molecular formula is C21H22N4O4. The molecule has 1 aliphatic rings. The number of anilines is 1. The van der Waals surface area contributed by atoms with Gasteiger partial charge in [0.2, 0.25) is 5.91 Å². The van der Waals surface area contributed by atoms with Gasteiger partial charge >= 0.3 is 5.97 Å². The molecule has 1 aliphatic carbocycles. The van der Waals surface area contributed by atoms with Crippen LogP contribution in [0, 0.1) is 12.8 Å². The van der Waals surface area contributed by atoms with Gasteiger partial charge in [-0.3, -0.25) is 4.79 Å². The molecule has 1 amide bonds. The van der Waals surface area contributed by atoms with E-state index in [0.717, 1.165) is 23.8 Å². The van der Waals surface area contributed by atoms with Gasteiger partial charge in [-0.15, -0.1) is 0 Å². The van der Waals surface area contributed by atoms with Gasteiger partial charge in [0.15, 0.2) is 11.6 Å². The fourth-order valence-corrected chi connectivity index (χ4v) is 3.21. The molecule has 3 aromatic rings. The Balaban J connectivity index is 1.85. The molecule has 0 radical (unpaired) electrons. The first-order chi connectivity index (χ1) is 14.0. The second kappa shape index (κ2) is 7.54. The number of aromatic nitrogens is 3. The van der Waals surface area contributed by atoms with Crippen molar-refractivity contribution >= 4 is 28.6 Å². The lowest BCUT2D eigenvalue weighted by atomic mass is 10.1. The van der Waals surface area contributed by atoms with E-state index in [1.807, 2.05) is 31.2 Å². The number of para-hydroxylation sites is 1. The zero-order valence-corrected chi connectivity index (χ0v) is 16.6. The van der Waals surface area contributed by atoms with E-state index in [2.05, 4.69) is 10.4 Å². The van der Waals surface area contributed by atoms with Crippen LogP contribution in [0.15, 0.2) is 30.5 Å². The summed E-state index contributed by atoms with van der Waals surface area (Å²) in [5.41, 5.74) is 1.84. The molecule has 8 heteroatoms. The number of aryl methyl sites for hydroxylation is 1. The third-order valence-electron chi connectivity index (χ3n) is 4.89. The topological polar surface area (TPSA) is 95.3 Å². The molecule has 0 atom stereocenters. The van der Waals surface area contributed by atoms with Crippen LogP contribution in [0.5, 0.6) is 5.75 Å². The Labute approximate surface area is 167 Å². The van der Waals surface area contributed by atoms with Crippen molar-refractivity contribution in [3.8, 4) is 11.6 Å². The van der Waals surface area contributed by atoms with Gasteiger partial charge in [0.05, 0.1) is 19.9 Å². The number of esters is 1. The third kappa shape index (κ3) is 3.53. The van der Waals surface area contributed by atoms with E-state index in [0.29, 0.717) is 17.1 Å². The van der Waals surface area contributed by atoms with Gasteiger partial charge in [0.25, 0.3) is 0 Å². The summed E-state index contributed by atoms with van der Waals surface area (Å²) in [7, 11) is 1.59. The SMILES string of the molecule is CCOC(=O)c1cnn(-c2cc(C)c3cccc(OC)c3n2)c1NC(=O)C1CC1. The summed E-state index contributed by atoms with van der Waals surface area (Å²) in [4.78, 5) is 29.5. The van der Waals surface area contributed by atoms with Crippen molar-refractivity contribution in [1.29, 1.82) is 0 Å². The molecule has 1 saturated carbocycles. The Bertz CT molecular complexity index is 1100. The van der Waals surface area contributed by atoms with Gasteiger partial charge in [-0.25, -0.2) is 9.78 Å². The van der Waals surface area contributed by atoms with E-state index >= 15 is 0 Å². The molecule has 150 valence electrons. The predicted molar refractivity (Wildman–Crippen MR) is 107 cm³/mol. The minimum absolute atomic E-state index is 0.0280. The van der Waals surface area contributed by atoms with E-state index in [9.17, 15) is 9.59 Å². The summed E-state index contributed by atoms with van der Waals surface area (Å²) in [6.45, 7) is 3.92. The lowest BCUT2D eigenvalue weighted by Crippen LogP contribution is -2.19. The normalized spacial score (nSPS) is 13.3. The van der Waals surface area contributed by atoms with Crippen LogP contribution >= 0.6 is 0 Å². The molecule has 0 saturated heterocycles. The van der Waals surface area contributed by atoms with E-state index in [-0.39, 0.29) is 29.8 Å². The maximum absolute atomic E-state index is 12.4. The lowest BCUT2D eigenvalue weighted by molar-refractivity contribution is -0.117. The van der Waals surface area contributed by atoms with Crippen LogP contribution in [0.3, 0.4) is 0 Å². The highest BCUT2D eigenvalue weighted by atomic mass is 16.5. The van der Waals surface area contributed by atoms with Crippen LogP contribution < -0.4 is 10.1 Å². The molecule has 4 rings (SSSR count). The summed E-state index contributed by atoms with van der Waals surface area (Å²) in [6.07, 6.45) is 3.09. The highest BCUT2D eigenvalue weighted by molar-refractivity contribution is 6.01. The molecule has 0 bridgehead atoms. The van der Waals surface area contributed by atoms with E-state index in [4.69, 9.17) is 14.5 Å². The van der Waals surface area contributed by atoms with Crippen LogP contribution in [-0.4, -0.2) is 40.4 Å². The molecule has 2 aromatic heterocycles. The maximum atomic E-state index is 12.4. The lowest BCUT2D eigenvalue weighted by Gasteiger charge is -2.13. The molecule has 2 heterocycles. The number of fused-ring (bicyclic) bond motifs is 1. The Kier molecular flexibility index (Phi) is 4.92. The molecule has 8 nitrogen and oxygen atoms in total. The van der Waals surface area contributed by atoms with Gasteiger partial charge in [0.1, 0.15) is 16.8 Å². The summed E-state index contributed by atoms with van der Waals surface area (Å²) < 4.78 is 12.0. The average Bonchev–Trinajstić information content (AvgIpc) is 3.48. The monoisotopic (exact) mass is 394 g/mol. The Morgan fingerprint density at radius 3 is 2.79 bits per heavy atom. The van der Waals surface area contributed by atoms with Gasteiger partial charge in [-0.05, 0) is 44.4 Å². The minimum atomic E-state index is -0.542. The van der Waals surface area contributed by atoms with E-state index in [1.165, 1.54) is 10.9 Å². The van der Waals surface area contributed by atoms with Crippen LogP contribution in [0.25, 0.3) is 16.7 Å². The number of carbonyl (C=O) groups is 2. The Hall–Kier alpha value is -3.42. The first-order valence-electron chi connectivity index (χ1n) is 9.54. The largest absolute Gasteiger partial charge is 0.494 e. The predicted octanol–water partition coefficient (Wildman–Crippen LogP) is 3.26. The second-order valence-electron chi connectivity index (χ2n) is 6.96. The number of benzene rings is 1. The molecule has 1 fully saturated rings. The van der Waals surface area contributed by atoms with E-state index < -0.39 is 5.97 Å². The maximum Gasteiger partial charge on any atom is 0.343 e. The molecule has 0 unspecified atom stereocenters. The number of ether oxygens (including phenoxy) is 2. The van der Waals surface area contributed by atoms with Crippen LogP contribution in [0.2, 0.25) is 0 Å². The quantitative estimate of drug-likeness (QED) is 0.645. The van der Waals surface area contributed by atoms with Gasteiger partial charge in [-0.2, -0.15) is 9.78 Å². The van der Waals surface area contributed by atoms with Crippen molar-refractivity contribution < 1.29 is 19.1 Å². The third-order valence-corrected chi connectivity index (χ3v) is 4.89. The Morgan fingerprint density at radius 2 is 2.10 bits per heavy atom. The molecular weight excluding hydrogens is 372 g/mol. The summed E-state index contributed by atoms with van der Waals surface area (Å²) in [5.74, 6) is 0.670. The smallest absolute Gasteiger partial charge is 0.343 e. The van der Waals surface area contributed by atoms with Gasteiger partial charge in [0, 0.05) is 11.3 Å².